The van der Waals surface area contributed by atoms with Crippen LogP contribution in [0.2, 0.25) is 10.0 Å². The highest BCUT2D eigenvalue weighted by Crippen LogP contribution is 2.29. The molecule has 7 heteroatoms. The fraction of sp³-hybridized carbons (Fsp3) is 0.0417. The summed E-state index contributed by atoms with van der Waals surface area (Å²) >= 11 is 12.0. The third-order valence-corrected chi connectivity index (χ3v) is 5.56. The molecule has 4 aromatic rings. The van der Waals surface area contributed by atoms with E-state index in [-0.39, 0.29) is 5.02 Å². The molecular formula is C24H17Cl2N3O2. The van der Waals surface area contributed by atoms with Crippen LogP contribution in [0.25, 0.3) is 21.5 Å². The van der Waals surface area contributed by atoms with Crippen molar-refractivity contribution in [1.29, 1.82) is 0 Å². The van der Waals surface area contributed by atoms with Crippen molar-refractivity contribution in [2.75, 3.05) is 5.32 Å². The molecule has 2 amide bonds. The fourth-order valence-corrected chi connectivity index (χ4v) is 3.68. The Morgan fingerprint density at radius 3 is 2.16 bits per heavy atom. The summed E-state index contributed by atoms with van der Waals surface area (Å²) in [6, 6.07) is 22.9. The standard InChI is InChI=1S/C24H17Cl2N3O2/c25-20-10-5-11-21(24(20)26)28-22(30)13-23(31)29-27-14-19-17-8-3-1-6-15(17)12-16-7-2-4-9-18(16)19/h1-12,14H,13H2,(H,28,30)(H,29,31). The fourth-order valence-electron chi connectivity index (χ4n) is 3.34. The van der Waals surface area contributed by atoms with Crippen LogP contribution in [0.3, 0.4) is 0 Å². The number of nitrogens with zero attached hydrogens (tertiary/aromatic N) is 1. The van der Waals surface area contributed by atoms with Crippen LogP contribution in [0.1, 0.15) is 12.0 Å². The summed E-state index contributed by atoms with van der Waals surface area (Å²) in [6.45, 7) is 0. The lowest BCUT2D eigenvalue weighted by Crippen LogP contribution is -2.24. The summed E-state index contributed by atoms with van der Waals surface area (Å²) in [6.07, 6.45) is 1.20. The highest BCUT2D eigenvalue weighted by molar-refractivity contribution is 6.44. The van der Waals surface area contributed by atoms with E-state index in [4.69, 9.17) is 23.2 Å². The van der Waals surface area contributed by atoms with Crippen molar-refractivity contribution in [3.63, 3.8) is 0 Å². The molecule has 0 aliphatic carbocycles. The number of nitrogens with one attached hydrogen (secondary N) is 2. The molecule has 0 saturated heterocycles. The Labute approximate surface area is 188 Å². The van der Waals surface area contributed by atoms with Crippen LogP contribution < -0.4 is 10.7 Å². The van der Waals surface area contributed by atoms with Gasteiger partial charge in [-0.05, 0) is 39.7 Å². The topological polar surface area (TPSA) is 70.6 Å². The van der Waals surface area contributed by atoms with E-state index in [0.29, 0.717) is 10.7 Å². The number of fused-ring (bicyclic) bond motifs is 2. The minimum Gasteiger partial charge on any atom is -0.324 e. The molecule has 0 aliphatic heterocycles. The molecule has 5 nitrogen and oxygen atoms in total. The van der Waals surface area contributed by atoms with Crippen molar-refractivity contribution in [3.8, 4) is 0 Å². The van der Waals surface area contributed by atoms with Crippen LogP contribution in [0.5, 0.6) is 0 Å². The predicted molar refractivity (Wildman–Crippen MR) is 127 cm³/mol. The molecule has 0 fully saturated rings. The quantitative estimate of drug-likeness (QED) is 0.175. The van der Waals surface area contributed by atoms with Gasteiger partial charge in [-0.25, -0.2) is 5.43 Å². The van der Waals surface area contributed by atoms with Crippen LogP contribution >= 0.6 is 23.2 Å². The van der Waals surface area contributed by atoms with Gasteiger partial charge in [0.25, 0.3) is 0 Å². The highest BCUT2D eigenvalue weighted by Gasteiger charge is 2.12. The van der Waals surface area contributed by atoms with E-state index in [0.717, 1.165) is 27.1 Å². The van der Waals surface area contributed by atoms with Crippen molar-refractivity contribution in [2.24, 2.45) is 5.10 Å². The summed E-state index contributed by atoms with van der Waals surface area (Å²) < 4.78 is 0. The minimum absolute atomic E-state index is 0.221. The molecule has 0 aromatic heterocycles. The van der Waals surface area contributed by atoms with Crippen LogP contribution in [-0.4, -0.2) is 18.0 Å². The molecule has 31 heavy (non-hydrogen) atoms. The molecule has 0 heterocycles. The number of rotatable bonds is 5. The second kappa shape index (κ2) is 9.16. The number of hydrazone groups is 1. The summed E-state index contributed by atoms with van der Waals surface area (Å²) in [5.41, 5.74) is 3.65. The number of hydrogen-bond donors (Lipinski definition) is 2. The molecule has 2 N–H and O–H groups in total. The van der Waals surface area contributed by atoms with E-state index in [9.17, 15) is 9.59 Å². The monoisotopic (exact) mass is 449 g/mol. The minimum atomic E-state index is -0.545. The van der Waals surface area contributed by atoms with Crippen molar-refractivity contribution < 1.29 is 9.59 Å². The maximum absolute atomic E-state index is 12.2. The van der Waals surface area contributed by atoms with Crippen LogP contribution in [0.4, 0.5) is 5.69 Å². The predicted octanol–water partition coefficient (Wildman–Crippen LogP) is 5.78. The molecule has 0 radical (unpaired) electrons. The van der Waals surface area contributed by atoms with Gasteiger partial charge in [0.1, 0.15) is 6.42 Å². The van der Waals surface area contributed by atoms with Gasteiger partial charge >= 0.3 is 0 Å². The van der Waals surface area contributed by atoms with Gasteiger partial charge in [-0.3, -0.25) is 9.59 Å². The average Bonchev–Trinajstić information content (AvgIpc) is 2.76. The molecule has 0 saturated carbocycles. The average molecular weight is 450 g/mol. The van der Waals surface area contributed by atoms with E-state index >= 15 is 0 Å². The zero-order chi connectivity index (χ0) is 21.8. The summed E-state index contributed by atoms with van der Waals surface area (Å²) in [5, 5.41) is 11.4. The Morgan fingerprint density at radius 2 is 1.48 bits per heavy atom. The third-order valence-electron chi connectivity index (χ3n) is 4.74. The van der Waals surface area contributed by atoms with Crippen LogP contribution in [-0.2, 0) is 9.59 Å². The van der Waals surface area contributed by atoms with Crippen LogP contribution in [0.15, 0.2) is 77.9 Å². The van der Waals surface area contributed by atoms with Gasteiger partial charge in [-0.1, -0.05) is 77.8 Å². The first-order valence-corrected chi connectivity index (χ1v) is 10.2. The lowest BCUT2D eigenvalue weighted by molar-refractivity contribution is -0.126. The lowest BCUT2D eigenvalue weighted by Gasteiger charge is -2.08. The van der Waals surface area contributed by atoms with Gasteiger partial charge in [0.15, 0.2) is 0 Å². The number of halogens is 2. The molecule has 154 valence electrons. The number of benzene rings is 4. The first-order chi connectivity index (χ1) is 15.0. The number of hydrogen-bond acceptors (Lipinski definition) is 3. The van der Waals surface area contributed by atoms with E-state index < -0.39 is 18.2 Å². The Hall–Kier alpha value is -3.41. The molecular weight excluding hydrogens is 433 g/mol. The Morgan fingerprint density at radius 1 is 0.839 bits per heavy atom. The number of carbonyl (C=O) groups is 2. The molecule has 0 atom stereocenters. The largest absolute Gasteiger partial charge is 0.324 e. The second-order valence-electron chi connectivity index (χ2n) is 6.85. The first kappa shape index (κ1) is 20.8. The smallest absolute Gasteiger partial charge is 0.249 e. The molecule has 0 bridgehead atoms. The number of carbonyl (C=O) groups excluding carboxylic acids is 2. The summed E-state index contributed by atoms with van der Waals surface area (Å²) in [4.78, 5) is 24.3. The van der Waals surface area contributed by atoms with E-state index in [2.05, 4.69) is 21.9 Å². The van der Waals surface area contributed by atoms with Crippen molar-refractivity contribution in [3.05, 3.63) is 88.4 Å². The third kappa shape index (κ3) is 4.68. The summed E-state index contributed by atoms with van der Waals surface area (Å²) in [5.74, 6) is -1.07. The van der Waals surface area contributed by atoms with E-state index in [1.165, 1.54) is 0 Å². The molecule has 0 aliphatic rings. The zero-order valence-corrected chi connectivity index (χ0v) is 17.7. The number of amides is 2. The van der Waals surface area contributed by atoms with Crippen molar-refractivity contribution in [2.45, 2.75) is 6.42 Å². The Balaban J connectivity index is 1.48. The molecule has 0 spiro atoms. The number of anilines is 1. The SMILES string of the molecule is O=C(CC(=O)Nc1cccc(Cl)c1Cl)NN=Cc1c2ccccc2cc2ccccc12. The molecule has 4 aromatic carbocycles. The van der Waals surface area contributed by atoms with Gasteiger partial charge in [-0.2, -0.15) is 5.10 Å². The molecule has 0 unspecified atom stereocenters. The van der Waals surface area contributed by atoms with Gasteiger partial charge in [-0.15, -0.1) is 0 Å². The van der Waals surface area contributed by atoms with Crippen molar-refractivity contribution in [1.82, 2.24) is 5.43 Å². The highest BCUT2D eigenvalue weighted by atomic mass is 35.5. The molecule has 4 rings (SSSR count). The van der Waals surface area contributed by atoms with Crippen LogP contribution in [0, 0.1) is 0 Å². The lowest BCUT2D eigenvalue weighted by atomic mass is 9.97. The van der Waals surface area contributed by atoms with E-state index in [1.54, 1.807) is 24.4 Å². The van der Waals surface area contributed by atoms with Gasteiger partial charge in [0.05, 0.1) is 21.9 Å². The maximum atomic E-state index is 12.2. The maximum Gasteiger partial charge on any atom is 0.249 e. The van der Waals surface area contributed by atoms with E-state index in [1.807, 2.05) is 48.5 Å². The first-order valence-electron chi connectivity index (χ1n) is 9.49. The Kier molecular flexibility index (Phi) is 6.16. The zero-order valence-electron chi connectivity index (χ0n) is 16.2. The normalized spacial score (nSPS) is 11.2. The second-order valence-corrected chi connectivity index (χ2v) is 7.64. The summed E-state index contributed by atoms with van der Waals surface area (Å²) in [7, 11) is 0. The Bertz CT molecular complexity index is 1280. The van der Waals surface area contributed by atoms with Gasteiger partial charge < -0.3 is 5.32 Å². The van der Waals surface area contributed by atoms with Gasteiger partial charge in [0, 0.05) is 5.56 Å². The van der Waals surface area contributed by atoms with Crippen molar-refractivity contribution >= 4 is 68.5 Å². The van der Waals surface area contributed by atoms with Gasteiger partial charge in [0.2, 0.25) is 11.8 Å².